The average Bonchev–Trinajstić information content (AvgIpc) is 2.73. The van der Waals surface area contributed by atoms with Crippen LogP contribution >= 0.6 is 23.2 Å². The molecule has 33 heavy (non-hydrogen) atoms. The largest absolute Gasteiger partial charge is 0.422 e. The third-order valence-electron chi connectivity index (χ3n) is 4.88. The van der Waals surface area contributed by atoms with E-state index in [2.05, 4.69) is 0 Å². The van der Waals surface area contributed by atoms with Gasteiger partial charge < -0.3 is 0 Å². The number of rotatable bonds is 2. The summed E-state index contributed by atoms with van der Waals surface area (Å²) >= 11 is 11.8. The van der Waals surface area contributed by atoms with Crippen LogP contribution in [0.25, 0.3) is 27.7 Å². The molecular formula is C22H8Cl2F7NO. The molecule has 1 aromatic heterocycles. The first-order valence-corrected chi connectivity index (χ1v) is 9.72. The molecule has 0 saturated heterocycles. The molecule has 0 fully saturated rings. The van der Waals surface area contributed by atoms with Gasteiger partial charge in [-0.1, -0.05) is 41.4 Å². The second kappa shape index (κ2) is 8.07. The van der Waals surface area contributed by atoms with Crippen LogP contribution in [0.4, 0.5) is 30.7 Å². The first kappa shape index (κ1) is 23.1. The fourth-order valence-electron chi connectivity index (χ4n) is 3.47. The number of alkyl halides is 3. The zero-order chi connectivity index (χ0) is 24.2. The molecule has 11 heteroatoms. The van der Waals surface area contributed by atoms with E-state index >= 15 is 0 Å². The summed E-state index contributed by atoms with van der Waals surface area (Å²) in [6, 6.07) is 10.9. The Kier molecular flexibility index (Phi) is 5.66. The van der Waals surface area contributed by atoms with Crippen molar-refractivity contribution in [2.75, 3.05) is 0 Å². The van der Waals surface area contributed by atoms with Crippen molar-refractivity contribution < 1.29 is 30.7 Å². The highest BCUT2D eigenvalue weighted by Crippen LogP contribution is 2.39. The number of hydrogen-bond acceptors (Lipinski definition) is 1. The predicted molar refractivity (Wildman–Crippen MR) is 110 cm³/mol. The highest BCUT2D eigenvalue weighted by molar-refractivity contribution is 6.31. The van der Waals surface area contributed by atoms with Crippen molar-refractivity contribution in [3.8, 4) is 16.8 Å². The molecular weight excluding hydrogens is 498 g/mol. The predicted octanol–water partition coefficient (Wildman–Crippen LogP) is 7.54. The van der Waals surface area contributed by atoms with Crippen LogP contribution in [0.5, 0.6) is 0 Å². The van der Waals surface area contributed by atoms with Crippen molar-refractivity contribution in [3.63, 3.8) is 0 Å². The standard InChI is InChI=1S/C22H8Cl2F7NO/c23-10-3-1-9(2-4-10)13-8-15(33)32(14-7-11(24)5-6-12(13)14)21-19(27)17(25)16(22(29,30)31)18(26)20(21)28/h1-8H. The molecule has 0 N–H and O–H groups in total. The molecule has 3 aromatic carbocycles. The molecule has 0 radical (unpaired) electrons. The molecule has 2 nitrogen and oxygen atoms in total. The number of fused-ring (bicyclic) bond motifs is 1. The monoisotopic (exact) mass is 505 g/mol. The van der Waals surface area contributed by atoms with Gasteiger partial charge in [0.25, 0.3) is 5.56 Å². The van der Waals surface area contributed by atoms with Crippen molar-refractivity contribution in [1.29, 1.82) is 0 Å². The third-order valence-corrected chi connectivity index (χ3v) is 5.37. The molecule has 4 aromatic rings. The normalized spacial score (nSPS) is 11.9. The molecule has 0 unspecified atom stereocenters. The maximum Gasteiger partial charge on any atom is 0.422 e. The van der Waals surface area contributed by atoms with Gasteiger partial charge in [0.05, 0.1) is 5.52 Å². The van der Waals surface area contributed by atoms with Gasteiger partial charge in [-0.3, -0.25) is 9.36 Å². The fraction of sp³-hybridized carbons (Fsp3) is 0.0455. The van der Waals surface area contributed by atoms with Gasteiger partial charge in [-0.25, -0.2) is 17.6 Å². The SMILES string of the molecule is O=c1cc(-c2ccc(Cl)cc2)c2ccc(Cl)cc2n1-c1c(F)c(F)c(C(F)(F)F)c(F)c1F. The molecule has 0 spiro atoms. The Labute approximate surface area is 190 Å². The van der Waals surface area contributed by atoms with Gasteiger partial charge in [0.1, 0.15) is 11.3 Å². The molecule has 0 aliphatic carbocycles. The van der Waals surface area contributed by atoms with E-state index in [1.165, 1.54) is 24.3 Å². The van der Waals surface area contributed by atoms with Crippen LogP contribution in [0.1, 0.15) is 5.56 Å². The summed E-state index contributed by atoms with van der Waals surface area (Å²) in [4.78, 5) is 12.9. The van der Waals surface area contributed by atoms with E-state index in [0.29, 0.717) is 10.6 Å². The summed E-state index contributed by atoms with van der Waals surface area (Å²) in [6.07, 6.45) is -5.72. The van der Waals surface area contributed by atoms with Crippen molar-refractivity contribution >= 4 is 34.1 Å². The minimum atomic E-state index is -5.72. The van der Waals surface area contributed by atoms with Gasteiger partial charge >= 0.3 is 6.18 Å². The molecule has 4 rings (SSSR count). The van der Waals surface area contributed by atoms with E-state index in [4.69, 9.17) is 23.2 Å². The molecule has 170 valence electrons. The zero-order valence-electron chi connectivity index (χ0n) is 15.9. The van der Waals surface area contributed by atoms with Crippen LogP contribution in [0, 0.1) is 23.3 Å². The van der Waals surface area contributed by atoms with Crippen molar-refractivity contribution in [1.82, 2.24) is 4.57 Å². The molecule has 0 amide bonds. The van der Waals surface area contributed by atoms with Gasteiger partial charge in [-0.15, -0.1) is 0 Å². The van der Waals surface area contributed by atoms with Crippen molar-refractivity contribution in [2.24, 2.45) is 0 Å². The fourth-order valence-corrected chi connectivity index (χ4v) is 3.76. The first-order chi connectivity index (χ1) is 15.4. The molecule has 0 bridgehead atoms. The van der Waals surface area contributed by atoms with Crippen LogP contribution in [-0.4, -0.2) is 4.57 Å². The molecule has 0 aliphatic rings. The lowest BCUT2D eigenvalue weighted by molar-refractivity contribution is -0.143. The lowest BCUT2D eigenvalue weighted by Crippen LogP contribution is -2.24. The summed E-state index contributed by atoms with van der Waals surface area (Å²) in [5.41, 5.74) is -5.13. The van der Waals surface area contributed by atoms with E-state index in [-0.39, 0.29) is 26.1 Å². The van der Waals surface area contributed by atoms with Crippen LogP contribution in [-0.2, 0) is 6.18 Å². The highest BCUT2D eigenvalue weighted by Gasteiger charge is 2.43. The molecule has 0 aliphatic heterocycles. The number of benzene rings is 3. The van der Waals surface area contributed by atoms with Crippen LogP contribution in [0.15, 0.2) is 53.3 Å². The Balaban J connectivity index is 2.14. The maximum absolute atomic E-state index is 14.7. The van der Waals surface area contributed by atoms with Gasteiger partial charge in [0.15, 0.2) is 23.3 Å². The maximum atomic E-state index is 14.7. The Bertz CT molecular complexity index is 1450. The lowest BCUT2D eigenvalue weighted by atomic mass is 10.0. The Morgan fingerprint density at radius 1 is 0.727 bits per heavy atom. The third kappa shape index (κ3) is 3.85. The van der Waals surface area contributed by atoms with E-state index in [9.17, 15) is 35.5 Å². The minimum absolute atomic E-state index is 0.0161. The second-order valence-corrected chi connectivity index (χ2v) is 7.75. The van der Waals surface area contributed by atoms with Crippen LogP contribution in [0.2, 0.25) is 10.0 Å². The van der Waals surface area contributed by atoms with Gasteiger partial charge in [-0.05, 0) is 35.4 Å². The summed E-state index contributed by atoms with van der Waals surface area (Å²) < 4.78 is 96.9. The van der Waals surface area contributed by atoms with Gasteiger partial charge in [0, 0.05) is 21.5 Å². The number of halogens is 9. The second-order valence-electron chi connectivity index (χ2n) is 6.88. The number of pyridine rings is 1. The zero-order valence-corrected chi connectivity index (χ0v) is 17.4. The summed E-state index contributed by atoms with van der Waals surface area (Å²) in [5.74, 6) is -10.1. The molecule has 0 saturated carbocycles. The smallest absolute Gasteiger partial charge is 0.271 e. The highest BCUT2D eigenvalue weighted by atomic mass is 35.5. The van der Waals surface area contributed by atoms with Crippen LogP contribution in [0.3, 0.4) is 0 Å². The summed E-state index contributed by atoms with van der Waals surface area (Å²) in [7, 11) is 0. The Morgan fingerprint density at radius 3 is 1.82 bits per heavy atom. The van der Waals surface area contributed by atoms with E-state index < -0.39 is 46.3 Å². The minimum Gasteiger partial charge on any atom is -0.271 e. The topological polar surface area (TPSA) is 22.0 Å². The van der Waals surface area contributed by atoms with Crippen molar-refractivity contribution in [2.45, 2.75) is 6.18 Å². The average molecular weight is 506 g/mol. The van der Waals surface area contributed by atoms with E-state index in [1.54, 1.807) is 12.1 Å². The van der Waals surface area contributed by atoms with Gasteiger partial charge in [-0.2, -0.15) is 13.2 Å². The number of nitrogens with zero attached hydrogens (tertiary/aromatic N) is 1. The van der Waals surface area contributed by atoms with Gasteiger partial charge in [0.2, 0.25) is 0 Å². The molecule has 0 atom stereocenters. The molecule has 1 heterocycles. The first-order valence-electron chi connectivity index (χ1n) is 8.96. The van der Waals surface area contributed by atoms with Crippen LogP contribution < -0.4 is 5.56 Å². The number of hydrogen-bond donors (Lipinski definition) is 0. The lowest BCUT2D eigenvalue weighted by Gasteiger charge is -2.18. The Hall–Kier alpha value is -3.04. The number of aromatic nitrogens is 1. The van der Waals surface area contributed by atoms with Crippen molar-refractivity contribution in [3.05, 3.63) is 97.8 Å². The quantitative estimate of drug-likeness (QED) is 0.204. The summed E-state index contributed by atoms with van der Waals surface area (Å²) in [5, 5.41) is 0.540. The summed E-state index contributed by atoms with van der Waals surface area (Å²) in [6.45, 7) is 0. The van der Waals surface area contributed by atoms with E-state index in [1.807, 2.05) is 0 Å². The Morgan fingerprint density at radius 2 is 1.27 bits per heavy atom. The van der Waals surface area contributed by atoms with E-state index in [0.717, 1.165) is 12.1 Å².